The predicted molar refractivity (Wildman–Crippen MR) is 74.8 cm³/mol. The summed E-state index contributed by atoms with van der Waals surface area (Å²) >= 11 is 2.99. The fourth-order valence-electron chi connectivity index (χ4n) is 1.23. The van der Waals surface area contributed by atoms with Gasteiger partial charge in [0.15, 0.2) is 11.6 Å². The highest BCUT2D eigenvalue weighted by atomic mass is 79.9. The van der Waals surface area contributed by atoms with Crippen LogP contribution in [0.4, 0.5) is 11.4 Å². The van der Waals surface area contributed by atoms with Crippen molar-refractivity contribution >= 4 is 45.2 Å². The number of carboxylic acid groups (broad SMARTS) is 1. The van der Waals surface area contributed by atoms with Crippen molar-refractivity contribution in [3.8, 4) is 0 Å². The van der Waals surface area contributed by atoms with Crippen LogP contribution in [-0.2, 0) is 0 Å². The summed E-state index contributed by atoms with van der Waals surface area (Å²) < 4.78 is 0.0674. The molecule has 0 saturated heterocycles. The second-order valence-electron chi connectivity index (χ2n) is 3.39. The molecule has 0 atom stereocenters. The molecule has 0 aliphatic carbocycles. The Morgan fingerprint density at radius 3 is 2.40 bits per heavy atom. The van der Waals surface area contributed by atoms with Crippen LogP contribution in [0.3, 0.4) is 0 Å². The molecule has 0 saturated carbocycles. The maximum absolute atomic E-state index is 10.9. The lowest BCUT2D eigenvalue weighted by Gasteiger charge is -2.03. The predicted octanol–water partition coefficient (Wildman–Crippen LogP) is 0.275. The first-order valence-electron chi connectivity index (χ1n) is 4.87. The summed E-state index contributed by atoms with van der Waals surface area (Å²) in [5.74, 6) is -2.09. The van der Waals surface area contributed by atoms with Gasteiger partial charge in [-0.25, -0.2) is 9.79 Å². The van der Waals surface area contributed by atoms with Gasteiger partial charge in [0.05, 0.1) is 15.0 Å². The normalized spacial score (nSPS) is 10.9. The van der Waals surface area contributed by atoms with E-state index >= 15 is 0 Å². The van der Waals surface area contributed by atoms with E-state index in [0.29, 0.717) is 0 Å². The van der Waals surface area contributed by atoms with Gasteiger partial charge in [0.1, 0.15) is 0 Å². The van der Waals surface area contributed by atoms with E-state index in [1.165, 1.54) is 0 Å². The number of hydrogen-bond acceptors (Lipinski definition) is 4. The summed E-state index contributed by atoms with van der Waals surface area (Å²) in [6.07, 6.45) is 0. The van der Waals surface area contributed by atoms with E-state index in [2.05, 4.69) is 25.9 Å². The number of hydrogen-bond donors (Lipinski definition) is 4. The van der Waals surface area contributed by atoms with Gasteiger partial charge in [0, 0.05) is 6.07 Å². The number of benzene rings is 1. The molecule has 7 N–H and O–H groups in total. The second-order valence-corrected chi connectivity index (χ2v) is 4.25. The molecule has 0 amide bonds. The lowest BCUT2D eigenvalue weighted by molar-refractivity contribution is -0.384. The SMILES string of the molecule is NC(N)=NC(N)=Nc1c(Br)cc(C(=O)O)cc1[N+](=O)[O-]. The largest absolute Gasteiger partial charge is 0.478 e. The molecule has 0 aliphatic heterocycles. The lowest BCUT2D eigenvalue weighted by atomic mass is 10.2. The van der Waals surface area contributed by atoms with E-state index in [4.69, 9.17) is 22.3 Å². The van der Waals surface area contributed by atoms with Crippen LogP contribution in [-0.4, -0.2) is 27.9 Å². The molecule has 1 aromatic carbocycles. The van der Waals surface area contributed by atoms with Crippen LogP contribution in [0.25, 0.3) is 0 Å². The number of nitro groups is 1. The Hall–Kier alpha value is -2.69. The van der Waals surface area contributed by atoms with Crippen LogP contribution in [0.1, 0.15) is 10.4 Å². The molecule has 0 bridgehead atoms. The molecule has 20 heavy (non-hydrogen) atoms. The molecule has 0 aliphatic rings. The summed E-state index contributed by atoms with van der Waals surface area (Å²) in [5, 5.41) is 19.8. The number of carbonyl (C=O) groups is 1. The third-order valence-corrected chi connectivity index (χ3v) is 2.56. The number of nitrogens with zero attached hydrogens (tertiary/aromatic N) is 3. The Kier molecular flexibility index (Phi) is 4.59. The van der Waals surface area contributed by atoms with Crippen molar-refractivity contribution in [1.29, 1.82) is 0 Å². The molecule has 0 radical (unpaired) electrons. The molecule has 0 spiro atoms. The molecule has 0 fully saturated rings. The summed E-state index contributed by atoms with van der Waals surface area (Å²) in [6.45, 7) is 0. The van der Waals surface area contributed by atoms with Crippen molar-refractivity contribution in [1.82, 2.24) is 0 Å². The first-order valence-corrected chi connectivity index (χ1v) is 5.66. The Labute approximate surface area is 120 Å². The molecule has 0 heterocycles. The minimum atomic E-state index is -1.32. The molecule has 10 nitrogen and oxygen atoms in total. The third-order valence-electron chi connectivity index (χ3n) is 1.96. The van der Waals surface area contributed by atoms with Gasteiger partial charge >= 0.3 is 5.97 Å². The Bertz CT molecular complexity index is 638. The number of aromatic carboxylic acids is 1. The van der Waals surface area contributed by atoms with E-state index in [-0.39, 0.29) is 21.7 Å². The van der Waals surface area contributed by atoms with E-state index in [1.807, 2.05) is 0 Å². The van der Waals surface area contributed by atoms with Crippen molar-refractivity contribution in [2.45, 2.75) is 0 Å². The first-order chi connectivity index (χ1) is 9.22. The number of nitrogens with two attached hydrogens (primary N) is 3. The van der Waals surface area contributed by atoms with E-state index in [1.54, 1.807) is 0 Å². The summed E-state index contributed by atoms with van der Waals surface area (Å²) in [5.41, 5.74) is 14.5. The van der Waals surface area contributed by atoms with E-state index < -0.39 is 22.5 Å². The second kappa shape index (κ2) is 5.97. The summed E-state index contributed by atoms with van der Waals surface area (Å²) in [6, 6.07) is 2.01. The monoisotopic (exact) mass is 344 g/mol. The number of guanidine groups is 2. The maximum atomic E-state index is 10.9. The molecule has 11 heteroatoms. The molecular weight excluding hydrogens is 336 g/mol. The average molecular weight is 345 g/mol. The van der Waals surface area contributed by atoms with Gasteiger partial charge in [-0.05, 0) is 22.0 Å². The Balaban J connectivity index is 3.50. The van der Waals surface area contributed by atoms with Gasteiger partial charge in [-0.15, -0.1) is 0 Å². The fourth-order valence-corrected chi connectivity index (χ4v) is 1.77. The highest BCUT2D eigenvalue weighted by molar-refractivity contribution is 9.10. The van der Waals surface area contributed by atoms with Crippen molar-refractivity contribution < 1.29 is 14.8 Å². The van der Waals surface area contributed by atoms with Gasteiger partial charge in [-0.2, -0.15) is 4.99 Å². The van der Waals surface area contributed by atoms with Gasteiger partial charge in [0.25, 0.3) is 5.69 Å². The zero-order valence-electron chi connectivity index (χ0n) is 9.78. The minimum Gasteiger partial charge on any atom is -0.478 e. The van der Waals surface area contributed by atoms with Gasteiger partial charge in [0.2, 0.25) is 5.96 Å². The highest BCUT2D eigenvalue weighted by Crippen LogP contribution is 2.36. The highest BCUT2D eigenvalue weighted by Gasteiger charge is 2.21. The number of rotatable bonds is 3. The molecule has 0 aromatic heterocycles. The van der Waals surface area contributed by atoms with Crippen LogP contribution in [0.2, 0.25) is 0 Å². The summed E-state index contributed by atoms with van der Waals surface area (Å²) in [4.78, 5) is 28.1. The zero-order chi connectivity index (χ0) is 15.4. The Morgan fingerprint density at radius 2 is 1.95 bits per heavy atom. The van der Waals surface area contributed by atoms with Crippen LogP contribution in [0.5, 0.6) is 0 Å². The van der Waals surface area contributed by atoms with E-state index in [0.717, 1.165) is 12.1 Å². The molecule has 1 rings (SSSR count). The number of aliphatic imine (C=N–C) groups is 2. The van der Waals surface area contributed by atoms with Gasteiger partial charge in [-0.1, -0.05) is 0 Å². The first kappa shape index (κ1) is 15.4. The third kappa shape index (κ3) is 3.65. The van der Waals surface area contributed by atoms with Crippen molar-refractivity contribution in [3.63, 3.8) is 0 Å². The number of carboxylic acids is 1. The standard InChI is InChI=1S/C9H9BrN6O4/c10-4-1-3(7(17)18)2-5(16(19)20)6(4)14-9(13)15-8(11)12/h1-2H,(H,17,18)(H6,11,12,13,14,15). The summed E-state index contributed by atoms with van der Waals surface area (Å²) in [7, 11) is 0. The molecule has 0 unspecified atom stereocenters. The van der Waals surface area contributed by atoms with Gasteiger partial charge < -0.3 is 22.3 Å². The smallest absolute Gasteiger partial charge is 0.335 e. The molecule has 106 valence electrons. The van der Waals surface area contributed by atoms with Crippen LogP contribution < -0.4 is 17.2 Å². The van der Waals surface area contributed by atoms with Crippen LogP contribution in [0, 0.1) is 10.1 Å². The van der Waals surface area contributed by atoms with Crippen LogP contribution >= 0.6 is 15.9 Å². The average Bonchev–Trinajstić information content (AvgIpc) is 2.29. The fraction of sp³-hybridized carbons (Fsp3) is 0. The zero-order valence-corrected chi connectivity index (χ0v) is 11.4. The van der Waals surface area contributed by atoms with Crippen molar-refractivity contribution in [2.24, 2.45) is 27.2 Å². The molecular formula is C9H9BrN6O4. The number of nitro benzene ring substituents is 1. The minimum absolute atomic E-state index is 0.0674. The Morgan fingerprint density at radius 1 is 1.35 bits per heavy atom. The van der Waals surface area contributed by atoms with Crippen LogP contribution in [0.15, 0.2) is 26.6 Å². The van der Waals surface area contributed by atoms with Crippen molar-refractivity contribution in [3.05, 3.63) is 32.3 Å². The quantitative estimate of drug-likeness (QED) is 0.262. The molecule has 1 aromatic rings. The lowest BCUT2D eigenvalue weighted by Crippen LogP contribution is -2.26. The number of halogens is 1. The van der Waals surface area contributed by atoms with Gasteiger partial charge in [-0.3, -0.25) is 10.1 Å². The maximum Gasteiger partial charge on any atom is 0.335 e. The van der Waals surface area contributed by atoms with E-state index in [9.17, 15) is 14.9 Å². The topological polar surface area (TPSA) is 183 Å². The van der Waals surface area contributed by atoms with Crippen molar-refractivity contribution in [2.75, 3.05) is 0 Å².